The van der Waals surface area contributed by atoms with E-state index in [1.165, 1.54) is 18.9 Å². The summed E-state index contributed by atoms with van der Waals surface area (Å²) in [4.78, 5) is 24.4. The topological polar surface area (TPSA) is 55.4 Å². The first-order valence-electron chi connectivity index (χ1n) is 7.32. The zero-order valence-electron chi connectivity index (χ0n) is 13.5. The summed E-state index contributed by atoms with van der Waals surface area (Å²) in [5, 5.41) is 2.88. The van der Waals surface area contributed by atoms with Crippen LogP contribution in [0, 0.1) is 6.92 Å². The molecule has 4 nitrogen and oxygen atoms in total. The van der Waals surface area contributed by atoms with Gasteiger partial charge >= 0.3 is 5.97 Å². The van der Waals surface area contributed by atoms with Gasteiger partial charge in [0, 0.05) is 15.9 Å². The summed E-state index contributed by atoms with van der Waals surface area (Å²) in [7, 11) is 1.35. The number of carbonyl (C=O) groups is 2. The lowest BCUT2D eigenvalue weighted by molar-refractivity contribution is -0.118. The standard InChI is InChI=1S/C18H18BrNO3S/c1-12-9-15(19)7-8-16(12)24-11-17(21)20-10-13-3-5-14(6-4-13)18(22)23-2/h3-9H,10-11H2,1-2H3,(H,20,21). The van der Waals surface area contributed by atoms with E-state index in [1.807, 2.05) is 25.1 Å². The third kappa shape index (κ3) is 5.39. The van der Waals surface area contributed by atoms with E-state index in [-0.39, 0.29) is 11.9 Å². The minimum atomic E-state index is -0.369. The number of rotatable bonds is 6. The van der Waals surface area contributed by atoms with Crippen LogP contribution in [0.5, 0.6) is 0 Å². The van der Waals surface area contributed by atoms with Gasteiger partial charge < -0.3 is 10.1 Å². The van der Waals surface area contributed by atoms with Crippen molar-refractivity contribution in [2.45, 2.75) is 18.4 Å². The first-order chi connectivity index (χ1) is 11.5. The van der Waals surface area contributed by atoms with Crippen molar-refractivity contribution >= 4 is 39.6 Å². The first kappa shape index (κ1) is 18.5. The van der Waals surface area contributed by atoms with Crippen molar-refractivity contribution in [1.29, 1.82) is 0 Å². The Kier molecular flexibility index (Phi) is 6.87. The van der Waals surface area contributed by atoms with Crippen LogP contribution in [0.25, 0.3) is 0 Å². The van der Waals surface area contributed by atoms with Crippen LogP contribution in [-0.4, -0.2) is 24.7 Å². The van der Waals surface area contributed by atoms with Gasteiger partial charge in [0.15, 0.2) is 0 Å². The number of nitrogens with one attached hydrogen (secondary N) is 1. The lowest BCUT2D eigenvalue weighted by Crippen LogP contribution is -2.24. The number of amides is 1. The third-order valence-electron chi connectivity index (χ3n) is 3.36. The number of thioether (sulfide) groups is 1. The SMILES string of the molecule is COC(=O)c1ccc(CNC(=O)CSc2ccc(Br)cc2C)cc1. The highest BCUT2D eigenvalue weighted by Crippen LogP contribution is 2.25. The molecule has 0 atom stereocenters. The Hall–Kier alpha value is -1.79. The highest BCUT2D eigenvalue weighted by molar-refractivity contribution is 9.10. The van der Waals surface area contributed by atoms with Gasteiger partial charge in [0.25, 0.3) is 0 Å². The fourth-order valence-electron chi connectivity index (χ4n) is 2.05. The van der Waals surface area contributed by atoms with Gasteiger partial charge in [-0.15, -0.1) is 11.8 Å². The van der Waals surface area contributed by atoms with Gasteiger partial charge in [-0.2, -0.15) is 0 Å². The molecule has 24 heavy (non-hydrogen) atoms. The molecule has 2 aromatic carbocycles. The van der Waals surface area contributed by atoms with Crippen LogP contribution in [0.4, 0.5) is 0 Å². The molecule has 0 bridgehead atoms. The second kappa shape index (κ2) is 8.89. The van der Waals surface area contributed by atoms with Crippen molar-refractivity contribution in [3.8, 4) is 0 Å². The lowest BCUT2D eigenvalue weighted by Gasteiger charge is -2.08. The van der Waals surface area contributed by atoms with E-state index >= 15 is 0 Å². The van der Waals surface area contributed by atoms with Crippen molar-refractivity contribution in [2.24, 2.45) is 0 Å². The van der Waals surface area contributed by atoms with Gasteiger partial charge in [0.1, 0.15) is 0 Å². The molecule has 0 saturated carbocycles. The average Bonchev–Trinajstić information content (AvgIpc) is 2.59. The van der Waals surface area contributed by atoms with Crippen LogP contribution in [-0.2, 0) is 16.1 Å². The Morgan fingerprint density at radius 1 is 1.17 bits per heavy atom. The van der Waals surface area contributed by atoms with E-state index in [0.29, 0.717) is 17.9 Å². The van der Waals surface area contributed by atoms with E-state index in [1.54, 1.807) is 24.3 Å². The molecule has 0 aliphatic rings. The quantitative estimate of drug-likeness (QED) is 0.581. The number of aryl methyl sites for hydroxylation is 1. The maximum absolute atomic E-state index is 12.0. The molecule has 126 valence electrons. The van der Waals surface area contributed by atoms with Crippen LogP contribution < -0.4 is 5.32 Å². The Balaban J connectivity index is 1.81. The van der Waals surface area contributed by atoms with Crippen LogP contribution >= 0.6 is 27.7 Å². The fraction of sp³-hybridized carbons (Fsp3) is 0.222. The maximum atomic E-state index is 12.0. The molecule has 0 radical (unpaired) electrons. The van der Waals surface area contributed by atoms with E-state index in [4.69, 9.17) is 0 Å². The molecule has 1 N–H and O–H groups in total. The van der Waals surface area contributed by atoms with Crippen LogP contribution in [0.3, 0.4) is 0 Å². The highest BCUT2D eigenvalue weighted by atomic mass is 79.9. The van der Waals surface area contributed by atoms with Crippen LogP contribution in [0.15, 0.2) is 51.8 Å². The van der Waals surface area contributed by atoms with Crippen molar-refractivity contribution in [3.05, 3.63) is 63.6 Å². The second-order valence-corrected chi connectivity index (χ2v) is 7.10. The van der Waals surface area contributed by atoms with Gasteiger partial charge in [0.05, 0.1) is 18.4 Å². The van der Waals surface area contributed by atoms with Crippen LogP contribution in [0.1, 0.15) is 21.5 Å². The predicted octanol–water partition coefficient (Wildman–Crippen LogP) is 3.95. The predicted molar refractivity (Wildman–Crippen MR) is 99.2 cm³/mol. The number of hydrogen-bond donors (Lipinski definition) is 1. The summed E-state index contributed by atoms with van der Waals surface area (Å²) in [6, 6.07) is 13.0. The largest absolute Gasteiger partial charge is 0.465 e. The van der Waals surface area contributed by atoms with Crippen molar-refractivity contribution < 1.29 is 14.3 Å². The summed E-state index contributed by atoms with van der Waals surface area (Å²) >= 11 is 4.94. The Labute approximate surface area is 154 Å². The molecular formula is C18H18BrNO3S. The molecule has 0 unspecified atom stereocenters. The number of methoxy groups -OCH3 is 1. The molecule has 6 heteroatoms. The number of carbonyl (C=O) groups excluding carboxylic acids is 2. The van der Waals surface area contributed by atoms with E-state index < -0.39 is 0 Å². The number of esters is 1. The van der Waals surface area contributed by atoms with Crippen molar-refractivity contribution in [1.82, 2.24) is 5.32 Å². The van der Waals surface area contributed by atoms with Crippen molar-refractivity contribution in [2.75, 3.05) is 12.9 Å². The minimum absolute atomic E-state index is 0.0284. The molecule has 2 rings (SSSR count). The van der Waals surface area contributed by atoms with E-state index in [2.05, 4.69) is 26.0 Å². The normalized spacial score (nSPS) is 10.3. The fourth-order valence-corrected chi connectivity index (χ4v) is 3.36. The molecule has 2 aromatic rings. The third-order valence-corrected chi connectivity index (χ3v) is 5.03. The molecule has 0 aliphatic carbocycles. The highest BCUT2D eigenvalue weighted by Gasteiger charge is 2.07. The summed E-state index contributed by atoms with van der Waals surface area (Å²) in [6.45, 7) is 2.45. The molecule has 0 spiro atoms. The molecule has 0 saturated heterocycles. The molecule has 0 aromatic heterocycles. The molecule has 1 amide bonds. The van der Waals surface area contributed by atoms with E-state index in [9.17, 15) is 9.59 Å². The zero-order valence-corrected chi connectivity index (χ0v) is 15.9. The monoisotopic (exact) mass is 407 g/mol. The Morgan fingerprint density at radius 3 is 2.50 bits per heavy atom. The molecular weight excluding hydrogens is 390 g/mol. The number of benzene rings is 2. The zero-order chi connectivity index (χ0) is 17.5. The average molecular weight is 408 g/mol. The van der Waals surface area contributed by atoms with Gasteiger partial charge in [-0.1, -0.05) is 28.1 Å². The van der Waals surface area contributed by atoms with Crippen molar-refractivity contribution in [3.63, 3.8) is 0 Å². The maximum Gasteiger partial charge on any atom is 0.337 e. The first-order valence-corrected chi connectivity index (χ1v) is 9.10. The Morgan fingerprint density at radius 2 is 1.88 bits per heavy atom. The summed E-state index contributed by atoms with van der Waals surface area (Å²) in [5.74, 6) is -0.0332. The number of ether oxygens (including phenoxy) is 1. The van der Waals surface area contributed by atoms with Gasteiger partial charge in [-0.25, -0.2) is 4.79 Å². The van der Waals surface area contributed by atoms with Gasteiger partial charge in [-0.3, -0.25) is 4.79 Å². The summed E-state index contributed by atoms with van der Waals surface area (Å²) < 4.78 is 5.68. The number of hydrogen-bond acceptors (Lipinski definition) is 4. The number of halogens is 1. The molecule has 0 fully saturated rings. The summed E-state index contributed by atoms with van der Waals surface area (Å²) in [6.07, 6.45) is 0. The van der Waals surface area contributed by atoms with E-state index in [0.717, 1.165) is 20.5 Å². The smallest absolute Gasteiger partial charge is 0.337 e. The van der Waals surface area contributed by atoms with Gasteiger partial charge in [-0.05, 0) is 48.4 Å². The molecule has 0 aliphatic heterocycles. The summed E-state index contributed by atoms with van der Waals surface area (Å²) in [5.41, 5.74) is 2.57. The lowest BCUT2D eigenvalue weighted by atomic mass is 10.1. The van der Waals surface area contributed by atoms with Gasteiger partial charge in [0.2, 0.25) is 5.91 Å². The Bertz CT molecular complexity index is 732. The van der Waals surface area contributed by atoms with Crippen LogP contribution in [0.2, 0.25) is 0 Å². The second-order valence-electron chi connectivity index (χ2n) is 5.16. The molecule has 0 heterocycles. The minimum Gasteiger partial charge on any atom is -0.465 e.